The van der Waals surface area contributed by atoms with Gasteiger partial charge in [0.25, 0.3) is 0 Å². The third-order valence-corrected chi connectivity index (χ3v) is 4.27. The number of carbonyl (C=O) groups is 1. The van der Waals surface area contributed by atoms with Gasteiger partial charge in [0.2, 0.25) is 0 Å². The van der Waals surface area contributed by atoms with Crippen LogP contribution in [0.15, 0.2) is 18.3 Å². The van der Waals surface area contributed by atoms with Gasteiger partial charge in [-0.05, 0) is 24.6 Å². The molecule has 0 unspecified atom stereocenters. The number of carboxylic acid groups (broad SMARTS) is 1. The van der Waals surface area contributed by atoms with E-state index in [0.29, 0.717) is 5.02 Å². The SMILES string of the molecule is Cc1c(Cl)ccc2c(N3CCNCC3)c(C(=O)O)cnc12. The Labute approximate surface area is 127 Å². The summed E-state index contributed by atoms with van der Waals surface area (Å²) < 4.78 is 0. The minimum Gasteiger partial charge on any atom is -0.478 e. The summed E-state index contributed by atoms with van der Waals surface area (Å²) in [6.07, 6.45) is 1.44. The van der Waals surface area contributed by atoms with Gasteiger partial charge in [0, 0.05) is 42.8 Å². The third kappa shape index (κ3) is 2.43. The fourth-order valence-electron chi connectivity index (χ4n) is 2.75. The molecule has 1 aromatic carbocycles. The molecule has 1 aromatic heterocycles. The Balaban J connectivity index is 2.28. The molecule has 0 spiro atoms. The molecule has 3 rings (SSSR count). The van der Waals surface area contributed by atoms with Crippen LogP contribution in [0.4, 0.5) is 5.69 Å². The van der Waals surface area contributed by atoms with Crippen LogP contribution in [-0.2, 0) is 0 Å². The molecule has 6 heteroatoms. The number of benzene rings is 1. The van der Waals surface area contributed by atoms with Crippen LogP contribution in [-0.4, -0.2) is 42.2 Å². The minimum atomic E-state index is -0.953. The van der Waals surface area contributed by atoms with Crippen LogP contribution in [0.2, 0.25) is 5.02 Å². The zero-order chi connectivity index (χ0) is 15.0. The lowest BCUT2D eigenvalue weighted by Gasteiger charge is -2.31. The van der Waals surface area contributed by atoms with Crippen molar-refractivity contribution in [1.82, 2.24) is 10.3 Å². The Morgan fingerprint density at radius 1 is 1.38 bits per heavy atom. The van der Waals surface area contributed by atoms with E-state index in [-0.39, 0.29) is 5.56 Å². The second-order valence-electron chi connectivity index (χ2n) is 5.13. The van der Waals surface area contributed by atoms with Crippen molar-refractivity contribution in [3.05, 3.63) is 34.5 Å². The van der Waals surface area contributed by atoms with Gasteiger partial charge >= 0.3 is 5.97 Å². The van der Waals surface area contributed by atoms with Crippen LogP contribution in [0.3, 0.4) is 0 Å². The van der Waals surface area contributed by atoms with E-state index in [2.05, 4.69) is 15.2 Å². The van der Waals surface area contributed by atoms with Crippen molar-refractivity contribution in [2.75, 3.05) is 31.1 Å². The molecular formula is C15H16ClN3O2. The Morgan fingerprint density at radius 2 is 2.10 bits per heavy atom. The quantitative estimate of drug-likeness (QED) is 0.891. The van der Waals surface area contributed by atoms with Gasteiger partial charge in [-0.3, -0.25) is 4.98 Å². The highest BCUT2D eigenvalue weighted by Gasteiger charge is 2.22. The molecule has 1 aliphatic heterocycles. The number of rotatable bonds is 2. The first-order chi connectivity index (χ1) is 10.1. The van der Waals surface area contributed by atoms with E-state index in [1.54, 1.807) is 6.07 Å². The predicted octanol–water partition coefficient (Wildman–Crippen LogP) is 2.30. The molecule has 1 saturated heterocycles. The summed E-state index contributed by atoms with van der Waals surface area (Å²) >= 11 is 6.15. The molecule has 0 bridgehead atoms. The Hall–Kier alpha value is -1.85. The summed E-state index contributed by atoms with van der Waals surface area (Å²) in [5.74, 6) is -0.953. The molecule has 2 heterocycles. The highest BCUT2D eigenvalue weighted by atomic mass is 35.5. The first kappa shape index (κ1) is 14.1. The third-order valence-electron chi connectivity index (χ3n) is 3.86. The maximum Gasteiger partial charge on any atom is 0.339 e. The van der Waals surface area contributed by atoms with Gasteiger partial charge in [0.1, 0.15) is 5.56 Å². The summed E-state index contributed by atoms with van der Waals surface area (Å²) in [6.45, 7) is 5.15. The van der Waals surface area contributed by atoms with Crippen molar-refractivity contribution in [1.29, 1.82) is 0 Å². The van der Waals surface area contributed by atoms with Crippen molar-refractivity contribution >= 4 is 34.2 Å². The number of aromatic nitrogens is 1. The number of aromatic carboxylic acids is 1. The molecule has 1 fully saturated rings. The van der Waals surface area contributed by atoms with Gasteiger partial charge < -0.3 is 15.3 Å². The van der Waals surface area contributed by atoms with Crippen LogP contribution >= 0.6 is 11.6 Å². The van der Waals surface area contributed by atoms with Crippen molar-refractivity contribution in [2.45, 2.75) is 6.92 Å². The number of pyridine rings is 1. The van der Waals surface area contributed by atoms with E-state index in [1.165, 1.54) is 6.20 Å². The number of nitrogens with one attached hydrogen (secondary N) is 1. The topological polar surface area (TPSA) is 65.5 Å². The smallest absolute Gasteiger partial charge is 0.339 e. The normalized spacial score (nSPS) is 15.4. The first-order valence-electron chi connectivity index (χ1n) is 6.86. The van der Waals surface area contributed by atoms with Crippen molar-refractivity contribution in [3.8, 4) is 0 Å². The molecule has 5 nitrogen and oxygen atoms in total. The number of halogens is 1. The van der Waals surface area contributed by atoms with Crippen LogP contribution in [0, 0.1) is 6.92 Å². The molecular weight excluding hydrogens is 290 g/mol. The van der Waals surface area contributed by atoms with E-state index in [1.807, 2.05) is 13.0 Å². The lowest BCUT2D eigenvalue weighted by Crippen LogP contribution is -2.44. The number of piperazine rings is 1. The van der Waals surface area contributed by atoms with Gasteiger partial charge in [0.05, 0.1) is 11.2 Å². The van der Waals surface area contributed by atoms with Gasteiger partial charge in [0.15, 0.2) is 0 Å². The van der Waals surface area contributed by atoms with Gasteiger partial charge in [-0.1, -0.05) is 11.6 Å². The van der Waals surface area contributed by atoms with Crippen molar-refractivity contribution in [3.63, 3.8) is 0 Å². The van der Waals surface area contributed by atoms with Crippen LogP contribution in [0.1, 0.15) is 15.9 Å². The van der Waals surface area contributed by atoms with Crippen LogP contribution in [0.5, 0.6) is 0 Å². The highest BCUT2D eigenvalue weighted by molar-refractivity contribution is 6.32. The maximum absolute atomic E-state index is 11.6. The van der Waals surface area contributed by atoms with E-state index in [0.717, 1.165) is 48.3 Å². The van der Waals surface area contributed by atoms with Crippen LogP contribution in [0.25, 0.3) is 10.9 Å². The molecule has 21 heavy (non-hydrogen) atoms. The largest absolute Gasteiger partial charge is 0.478 e. The average molecular weight is 306 g/mol. The monoisotopic (exact) mass is 305 g/mol. The summed E-state index contributed by atoms with van der Waals surface area (Å²) in [6, 6.07) is 3.67. The molecule has 0 radical (unpaired) electrons. The zero-order valence-corrected chi connectivity index (χ0v) is 12.4. The summed E-state index contributed by atoms with van der Waals surface area (Å²) in [5, 5.41) is 14.2. The Bertz CT molecular complexity index is 712. The summed E-state index contributed by atoms with van der Waals surface area (Å²) in [5.41, 5.74) is 2.63. The Kier molecular flexibility index (Phi) is 3.69. The Morgan fingerprint density at radius 3 is 2.76 bits per heavy atom. The van der Waals surface area contributed by atoms with Crippen molar-refractivity contribution < 1.29 is 9.90 Å². The second-order valence-corrected chi connectivity index (χ2v) is 5.54. The number of anilines is 1. The fraction of sp³-hybridized carbons (Fsp3) is 0.333. The number of nitrogens with zero attached hydrogens (tertiary/aromatic N) is 2. The van der Waals surface area contributed by atoms with E-state index < -0.39 is 5.97 Å². The predicted molar refractivity (Wildman–Crippen MR) is 83.5 cm³/mol. The molecule has 110 valence electrons. The van der Waals surface area contributed by atoms with E-state index in [9.17, 15) is 9.90 Å². The van der Waals surface area contributed by atoms with Gasteiger partial charge in [-0.2, -0.15) is 0 Å². The lowest BCUT2D eigenvalue weighted by molar-refractivity contribution is 0.0697. The number of aryl methyl sites for hydroxylation is 1. The molecule has 0 saturated carbocycles. The summed E-state index contributed by atoms with van der Waals surface area (Å²) in [4.78, 5) is 18.0. The molecule has 2 N–H and O–H groups in total. The number of carboxylic acids is 1. The number of hydrogen-bond donors (Lipinski definition) is 2. The average Bonchev–Trinajstić information content (AvgIpc) is 2.50. The standard InChI is InChI=1S/C15H16ClN3O2/c1-9-12(16)3-2-10-13(9)18-8-11(15(20)21)14(10)19-6-4-17-5-7-19/h2-3,8,17H,4-7H2,1H3,(H,20,21). The molecule has 0 aliphatic carbocycles. The minimum absolute atomic E-state index is 0.242. The van der Waals surface area contributed by atoms with Crippen LogP contribution < -0.4 is 10.2 Å². The molecule has 0 atom stereocenters. The fourth-order valence-corrected chi connectivity index (χ4v) is 2.91. The zero-order valence-electron chi connectivity index (χ0n) is 11.7. The second kappa shape index (κ2) is 5.50. The lowest BCUT2D eigenvalue weighted by atomic mass is 10.0. The summed E-state index contributed by atoms with van der Waals surface area (Å²) in [7, 11) is 0. The van der Waals surface area contributed by atoms with Gasteiger partial charge in [-0.25, -0.2) is 4.79 Å². The van der Waals surface area contributed by atoms with E-state index >= 15 is 0 Å². The maximum atomic E-state index is 11.6. The molecule has 1 aliphatic rings. The van der Waals surface area contributed by atoms with Gasteiger partial charge in [-0.15, -0.1) is 0 Å². The highest BCUT2D eigenvalue weighted by Crippen LogP contribution is 2.33. The van der Waals surface area contributed by atoms with Crippen molar-refractivity contribution in [2.24, 2.45) is 0 Å². The molecule has 2 aromatic rings. The van der Waals surface area contributed by atoms with E-state index in [4.69, 9.17) is 11.6 Å². The first-order valence-corrected chi connectivity index (χ1v) is 7.24. The number of hydrogen-bond acceptors (Lipinski definition) is 4. The molecule has 0 amide bonds. The number of fused-ring (bicyclic) bond motifs is 1.